The molecule has 2 nitrogen and oxygen atoms in total. The SMILES string of the molecule is OCc1cc2c(Sc3ccc4ccccc4c3)cc(Cl)cc2[nH]1. The van der Waals surface area contributed by atoms with Crippen LogP contribution in [0.1, 0.15) is 5.69 Å². The van der Waals surface area contributed by atoms with Crippen molar-refractivity contribution in [2.45, 2.75) is 16.4 Å². The molecule has 0 unspecified atom stereocenters. The van der Waals surface area contributed by atoms with Crippen molar-refractivity contribution < 1.29 is 5.11 Å². The van der Waals surface area contributed by atoms with Gasteiger partial charge in [-0.15, -0.1) is 0 Å². The topological polar surface area (TPSA) is 36.0 Å². The molecule has 0 fully saturated rings. The number of nitrogens with one attached hydrogen (secondary N) is 1. The molecular weight excluding hydrogens is 326 g/mol. The third kappa shape index (κ3) is 2.83. The lowest BCUT2D eigenvalue weighted by molar-refractivity contribution is 0.278. The van der Waals surface area contributed by atoms with E-state index in [4.69, 9.17) is 11.6 Å². The van der Waals surface area contributed by atoms with Crippen LogP contribution in [0.25, 0.3) is 21.7 Å². The highest BCUT2D eigenvalue weighted by Crippen LogP contribution is 2.37. The van der Waals surface area contributed by atoms with Gasteiger partial charge in [0.15, 0.2) is 0 Å². The second-order valence-corrected chi connectivity index (χ2v) is 6.98. The molecule has 114 valence electrons. The Kier molecular flexibility index (Phi) is 3.77. The molecule has 0 radical (unpaired) electrons. The van der Waals surface area contributed by atoms with Gasteiger partial charge in [-0.2, -0.15) is 0 Å². The van der Waals surface area contributed by atoms with E-state index in [9.17, 15) is 5.11 Å². The normalized spacial score (nSPS) is 11.4. The summed E-state index contributed by atoms with van der Waals surface area (Å²) in [6.07, 6.45) is 0. The first-order valence-corrected chi connectivity index (χ1v) is 8.51. The molecule has 0 aliphatic heterocycles. The number of hydrogen-bond donors (Lipinski definition) is 2. The fourth-order valence-electron chi connectivity index (χ4n) is 2.76. The van der Waals surface area contributed by atoms with Gasteiger partial charge in [-0.3, -0.25) is 0 Å². The molecule has 0 spiro atoms. The summed E-state index contributed by atoms with van der Waals surface area (Å²) in [6, 6.07) is 20.6. The molecule has 4 aromatic rings. The van der Waals surface area contributed by atoms with Crippen molar-refractivity contribution in [1.82, 2.24) is 4.98 Å². The maximum atomic E-state index is 9.34. The minimum absolute atomic E-state index is 0.00756. The van der Waals surface area contributed by atoms with E-state index in [2.05, 4.69) is 35.3 Å². The first kappa shape index (κ1) is 14.6. The zero-order valence-electron chi connectivity index (χ0n) is 12.2. The first-order chi connectivity index (χ1) is 11.2. The summed E-state index contributed by atoms with van der Waals surface area (Å²) in [5, 5.41) is 13.6. The van der Waals surface area contributed by atoms with Crippen LogP contribution in [0, 0.1) is 0 Å². The standard InChI is InChI=1S/C19H14ClNOS/c20-14-8-18-17(10-15(11-22)21-18)19(9-14)23-16-6-5-12-3-1-2-4-13(12)7-16/h1-10,21-22H,11H2. The van der Waals surface area contributed by atoms with Crippen LogP contribution in [0.4, 0.5) is 0 Å². The van der Waals surface area contributed by atoms with Crippen molar-refractivity contribution in [3.8, 4) is 0 Å². The second-order valence-electron chi connectivity index (χ2n) is 5.43. The van der Waals surface area contributed by atoms with Crippen molar-refractivity contribution in [1.29, 1.82) is 0 Å². The molecule has 0 atom stereocenters. The Balaban J connectivity index is 1.80. The van der Waals surface area contributed by atoms with Gasteiger partial charge in [0, 0.05) is 31.4 Å². The molecule has 0 saturated carbocycles. The summed E-state index contributed by atoms with van der Waals surface area (Å²) in [4.78, 5) is 5.44. The highest BCUT2D eigenvalue weighted by Gasteiger charge is 2.09. The first-order valence-electron chi connectivity index (χ1n) is 7.31. The van der Waals surface area contributed by atoms with Crippen LogP contribution >= 0.6 is 23.4 Å². The zero-order valence-corrected chi connectivity index (χ0v) is 13.8. The largest absolute Gasteiger partial charge is 0.390 e. The summed E-state index contributed by atoms with van der Waals surface area (Å²) in [7, 11) is 0. The third-order valence-electron chi connectivity index (χ3n) is 3.84. The van der Waals surface area contributed by atoms with E-state index in [1.807, 2.05) is 30.3 Å². The average molecular weight is 340 g/mol. The zero-order chi connectivity index (χ0) is 15.8. The molecule has 4 rings (SSSR count). The maximum absolute atomic E-state index is 9.34. The van der Waals surface area contributed by atoms with Crippen LogP contribution in [0.3, 0.4) is 0 Å². The molecular formula is C19H14ClNOS. The van der Waals surface area contributed by atoms with Gasteiger partial charge in [-0.25, -0.2) is 0 Å². The Bertz CT molecular complexity index is 1010. The Labute approximate surface area is 143 Å². The number of aliphatic hydroxyl groups is 1. The fourth-order valence-corrected chi connectivity index (χ4v) is 4.08. The number of benzene rings is 3. The molecule has 23 heavy (non-hydrogen) atoms. The summed E-state index contributed by atoms with van der Waals surface area (Å²) < 4.78 is 0. The van der Waals surface area contributed by atoms with Gasteiger partial charge in [0.25, 0.3) is 0 Å². The van der Waals surface area contributed by atoms with E-state index < -0.39 is 0 Å². The maximum Gasteiger partial charge on any atom is 0.0831 e. The molecule has 2 N–H and O–H groups in total. The van der Waals surface area contributed by atoms with E-state index in [0.717, 1.165) is 21.5 Å². The van der Waals surface area contributed by atoms with E-state index in [1.54, 1.807) is 11.8 Å². The fraction of sp³-hybridized carbons (Fsp3) is 0.0526. The summed E-state index contributed by atoms with van der Waals surface area (Å²) in [5.41, 5.74) is 1.74. The molecule has 0 aliphatic rings. The second kappa shape index (κ2) is 5.93. The number of aliphatic hydroxyl groups excluding tert-OH is 1. The molecule has 1 aromatic heterocycles. The van der Waals surface area contributed by atoms with Crippen molar-refractivity contribution in [3.63, 3.8) is 0 Å². The number of fused-ring (bicyclic) bond motifs is 2. The average Bonchev–Trinajstić information content (AvgIpc) is 2.98. The molecule has 4 heteroatoms. The summed E-state index contributed by atoms with van der Waals surface area (Å²) in [5.74, 6) is 0. The van der Waals surface area contributed by atoms with Gasteiger partial charge in [-0.1, -0.05) is 53.7 Å². The van der Waals surface area contributed by atoms with Crippen LogP contribution in [0.15, 0.2) is 70.5 Å². The van der Waals surface area contributed by atoms with Gasteiger partial charge in [0.1, 0.15) is 0 Å². The lowest BCUT2D eigenvalue weighted by atomic mass is 10.1. The Morgan fingerprint density at radius 3 is 2.61 bits per heavy atom. The van der Waals surface area contributed by atoms with Crippen LogP contribution in [0.2, 0.25) is 5.02 Å². The third-order valence-corrected chi connectivity index (χ3v) is 5.11. The Morgan fingerprint density at radius 2 is 1.78 bits per heavy atom. The van der Waals surface area contributed by atoms with Gasteiger partial charge in [-0.05, 0) is 41.1 Å². The summed E-state index contributed by atoms with van der Waals surface area (Å²) >= 11 is 7.93. The minimum Gasteiger partial charge on any atom is -0.390 e. The molecule has 0 amide bonds. The van der Waals surface area contributed by atoms with E-state index >= 15 is 0 Å². The molecule has 1 heterocycles. The monoisotopic (exact) mass is 339 g/mol. The number of hydrogen-bond acceptors (Lipinski definition) is 2. The lowest BCUT2D eigenvalue weighted by Gasteiger charge is -2.06. The van der Waals surface area contributed by atoms with E-state index in [1.165, 1.54) is 15.7 Å². The van der Waals surface area contributed by atoms with Crippen molar-refractivity contribution in [2.75, 3.05) is 0 Å². The smallest absolute Gasteiger partial charge is 0.0831 e. The highest BCUT2D eigenvalue weighted by molar-refractivity contribution is 7.99. The molecule has 0 bridgehead atoms. The van der Waals surface area contributed by atoms with Crippen LogP contribution in [-0.4, -0.2) is 10.1 Å². The lowest BCUT2D eigenvalue weighted by Crippen LogP contribution is -1.79. The van der Waals surface area contributed by atoms with Gasteiger partial charge >= 0.3 is 0 Å². The van der Waals surface area contributed by atoms with Crippen LogP contribution in [-0.2, 0) is 6.61 Å². The van der Waals surface area contributed by atoms with Crippen molar-refractivity contribution >= 4 is 45.0 Å². The van der Waals surface area contributed by atoms with Crippen molar-refractivity contribution in [3.05, 3.63) is 71.4 Å². The van der Waals surface area contributed by atoms with E-state index in [0.29, 0.717) is 5.02 Å². The van der Waals surface area contributed by atoms with Crippen molar-refractivity contribution in [2.24, 2.45) is 0 Å². The Hall–Kier alpha value is -1.94. The number of halogens is 1. The molecule has 0 saturated heterocycles. The number of rotatable bonds is 3. The van der Waals surface area contributed by atoms with Crippen LogP contribution < -0.4 is 0 Å². The molecule has 3 aromatic carbocycles. The quantitative estimate of drug-likeness (QED) is 0.508. The van der Waals surface area contributed by atoms with E-state index in [-0.39, 0.29) is 6.61 Å². The minimum atomic E-state index is -0.00756. The van der Waals surface area contributed by atoms with Gasteiger partial charge in [0.2, 0.25) is 0 Å². The van der Waals surface area contributed by atoms with Gasteiger partial charge < -0.3 is 10.1 Å². The number of aromatic amines is 1. The molecule has 0 aliphatic carbocycles. The highest BCUT2D eigenvalue weighted by atomic mass is 35.5. The van der Waals surface area contributed by atoms with Gasteiger partial charge in [0.05, 0.1) is 6.61 Å². The predicted molar refractivity (Wildman–Crippen MR) is 97.3 cm³/mol. The number of H-pyrrole nitrogens is 1. The number of aromatic nitrogens is 1. The Morgan fingerprint density at radius 1 is 0.957 bits per heavy atom. The summed E-state index contributed by atoms with van der Waals surface area (Å²) in [6.45, 7) is -0.00756. The predicted octanol–water partition coefficient (Wildman–Crippen LogP) is 5.62. The van der Waals surface area contributed by atoms with Crippen LogP contribution in [0.5, 0.6) is 0 Å².